The lowest BCUT2D eigenvalue weighted by molar-refractivity contribution is -0.118. The molecular formula is C24H26N2O3. The van der Waals surface area contributed by atoms with E-state index in [0.717, 1.165) is 22.5 Å². The van der Waals surface area contributed by atoms with Crippen LogP contribution >= 0.6 is 0 Å². The molecule has 0 aliphatic rings. The number of amides is 1. The van der Waals surface area contributed by atoms with Crippen molar-refractivity contribution in [3.05, 3.63) is 83.4 Å². The van der Waals surface area contributed by atoms with Gasteiger partial charge in [0.1, 0.15) is 0 Å². The van der Waals surface area contributed by atoms with E-state index in [0.29, 0.717) is 18.0 Å². The normalized spacial score (nSPS) is 10.3. The second-order valence-corrected chi connectivity index (χ2v) is 6.91. The van der Waals surface area contributed by atoms with Gasteiger partial charge in [0.25, 0.3) is 5.91 Å². The van der Waals surface area contributed by atoms with Crippen molar-refractivity contribution < 1.29 is 14.3 Å². The minimum atomic E-state index is -0.220. The summed E-state index contributed by atoms with van der Waals surface area (Å²) in [6, 6.07) is 21.6. The molecule has 5 heteroatoms. The highest BCUT2D eigenvalue weighted by Crippen LogP contribution is 2.28. The van der Waals surface area contributed by atoms with Gasteiger partial charge >= 0.3 is 0 Å². The van der Waals surface area contributed by atoms with Crippen LogP contribution in [0.1, 0.15) is 16.7 Å². The monoisotopic (exact) mass is 390 g/mol. The number of carbonyl (C=O) groups excluding carboxylic acids is 1. The Morgan fingerprint density at radius 3 is 2.38 bits per heavy atom. The molecule has 1 amide bonds. The largest absolute Gasteiger partial charge is 0.493 e. The van der Waals surface area contributed by atoms with Crippen molar-refractivity contribution in [2.45, 2.75) is 20.4 Å². The van der Waals surface area contributed by atoms with E-state index in [1.165, 1.54) is 5.56 Å². The van der Waals surface area contributed by atoms with Gasteiger partial charge in [0.05, 0.1) is 7.11 Å². The second kappa shape index (κ2) is 9.64. The van der Waals surface area contributed by atoms with E-state index in [4.69, 9.17) is 9.47 Å². The first-order valence-electron chi connectivity index (χ1n) is 9.50. The molecule has 0 aliphatic carbocycles. The van der Waals surface area contributed by atoms with Crippen molar-refractivity contribution in [2.75, 3.05) is 24.4 Å². The van der Waals surface area contributed by atoms with Crippen LogP contribution in [0.5, 0.6) is 11.5 Å². The number of carbonyl (C=O) groups is 1. The van der Waals surface area contributed by atoms with Gasteiger partial charge < -0.3 is 20.1 Å². The molecule has 150 valence electrons. The number of hydrogen-bond donors (Lipinski definition) is 2. The molecule has 0 radical (unpaired) electrons. The van der Waals surface area contributed by atoms with E-state index in [2.05, 4.69) is 41.8 Å². The third-order valence-corrected chi connectivity index (χ3v) is 4.44. The highest BCUT2D eigenvalue weighted by atomic mass is 16.5. The first-order valence-corrected chi connectivity index (χ1v) is 9.50. The molecule has 0 aromatic heterocycles. The number of methoxy groups -OCH3 is 1. The van der Waals surface area contributed by atoms with Crippen LogP contribution < -0.4 is 20.1 Å². The van der Waals surface area contributed by atoms with Crippen molar-refractivity contribution in [3.63, 3.8) is 0 Å². The van der Waals surface area contributed by atoms with E-state index in [1.807, 2.05) is 49.4 Å². The summed E-state index contributed by atoms with van der Waals surface area (Å²) in [6.07, 6.45) is 0. The topological polar surface area (TPSA) is 59.6 Å². The molecule has 0 unspecified atom stereocenters. The van der Waals surface area contributed by atoms with Crippen LogP contribution in [0.3, 0.4) is 0 Å². The molecule has 0 aliphatic heterocycles. The predicted octanol–water partition coefficient (Wildman–Crippen LogP) is 4.94. The van der Waals surface area contributed by atoms with Gasteiger partial charge in [-0.3, -0.25) is 4.79 Å². The van der Waals surface area contributed by atoms with Crippen molar-refractivity contribution in [1.29, 1.82) is 0 Å². The lowest BCUT2D eigenvalue weighted by Crippen LogP contribution is -2.20. The highest BCUT2D eigenvalue weighted by Gasteiger charge is 2.09. The maximum absolute atomic E-state index is 12.2. The minimum absolute atomic E-state index is 0.0920. The molecular weight excluding hydrogens is 364 g/mol. The summed E-state index contributed by atoms with van der Waals surface area (Å²) in [5.74, 6) is 0.908. The number of ether oxygens (including phenoxy) is 2. The summed E-state index contributed by atoms with van der Waals surface area (Å²) in [5, 5.41) is 6.21. The average molecular weight is 390 g/mol. The number of aryl methyl sites for hydroxylation is 2. The predicted molar refractivity (Wildman–Crippen MR) is 117 cm³/mol. The minimum Gasteiger partial charge on any atom is -0.493 e. The molecule has 0 bridgehead atoms. The fourth-order valence-electron chi connectivity index (χ4n) is 2.88. The van der Waals surface area contributed by atoms with Crippen LogP contribution in [0.2, 0.25) is 0 Å². The zero-order chi connectivity index (χ0) is 20.6. The van der Waals surface area contributed by atoms with E-state index in [-0.39, 0.29) is 12.5 Å². The first-order chi connectivity index (χ1) is 14.0. The summed E-state index contributed by atoms with van der Waals surface area (Å²) >= 11 is 0. The number of hydrogen-bond acceptors (Lipinski definition) is 4. The summed E-state index contributed by atoms with van der Waals surface area (Å²) in [6.45, 7) is 4.61. The molecule has 29 heavy (non-hydrogen) atoms. The number of rotatable bonds is 8. The third kappa shape index (κ3) is 6.01. The SMILES string of the molecule is COc1cc(CNc2ccc(C)cc2)ccc1OCC(=O)Nc1cccc(C)c1. The molecule has 0 spiro atoms. The molecule has 0 atom stereocenters. The van der Waals surface area contributed by atoms with Crippen molar-refractivity contribution in [1.82, 2.24) is 0 Å². The van der Waals surface area contributed by atoms with E-state index < -0.39 is 0 Å². The Kier molecular flexibility index (Phi) is 6.74. The first kappa shape index (κ1) is 20.3. The zero-order valence-electron chi connectivity index (χ0n) is 17.0. The van der Waals surface area contributed by atoms with Gasteiger partial charge in [0, 0.05) is 17.9 Å². The van der Waals surface area contributed by atoms with Crippen LogP contribution in [-0.4, -0.2) is 19.6 Å². The van der Waals surface area contributed by atoms with Crippen LogP contribution in [0.4, 0.5) is 11.4 Å². The van der Waals surface area contributed by atoms with Gasteiger partial charge in [-0.2, -0.15) is 0 Å². The van der Waals surface area contributed by atoms with Crippen molar-refractivity contribution >= 4 is 17.3 Å². The standard InChI is InChI=1S/C24H26N2O3/c1-17-7-10-20(11-8-17)25-15-19-9-12-22(23(14-19)28-3)29-16-24(27)26-21-6-4-5-18(2)13-21/h4-14,25H,15-16H2,1-3H3,(H,26,27). The molecule has 0 fully saturated rings. The fraction of sp³-hybridized carbons (Fsp3) is 0.208. The molecule has 3 rings (SSSR count). The van der Waals surface area contributed by atoms with Gasteiger partial charge in [0.15, 0.2) is 18.1 Å². The highest BCUT2D eigenvalue weighted by molar-refractivity contribution is 5.91. The maximum Gasteiger partial charge on any atom is 0.262 e. The molecule has 3 aromatic rings. The third-order valence-electron chi connectivity index (χ3n) is 4.44. The van der Waals surface area contributed by atoms with Crippen LogP contribution in [0.25, 0.3) is 0 Å². The van der Waals surface area contributed by atoms with Gasteiger partial charge in [0.2, 0.25) is 0 Å². The summed E-state index contributed by atoms with van der Waals surface area (Å²) < 4.78 is 11.1. The molecule has 0 saturated heterocycles. The van der Waals surface area contributed by atoms with Gasteiger partial charge in [-0.1, -0.05) is 35.9 Å². The van der Waals surface area contributed by atoms with Gasteiger partial charge in [-0.05, 0) is 61.4 Å². The molecule has 5 nitrogen and oxygen atoms in total. The van der Waals surface area contributed by atoms with E-state index >= 15 is 0 Å². The Morgan fingerprint density at radius 1 is 0.862 bits per heavy atom. The molecule has 3 aromatic carbocycles. The Labute approximate surface area is 171 Å². The second-order valence-electron chi connectivity index (χ2n) is 6.91. The zero-order valence-corrected chi connectivity index (χ0v) is 17.0. The Hall–Kier alpha value is -3.47. The van der Waals surface area contributed by atoms with Crippen LogP contribution in [0, 0.1) is 13.8 Å². The number of anilines is 2. The Morgan fingerprint density at radius 2 is 1.66 bits per heavy atom. The van der Waals surface area contributed by atoms with Crippen molar-refractivity contribution in [3.8, 4) is 11.5 Å². The molecule has 0 saturated carbocycles. The lowest BCUT2D eigenvalue weighted by Gasteiger charge is -2.13. The van der Waals surface area contributed by atoms with E-state index in [1.54, 1.807) is 7.11 Å². The summed E-state index contributed by atoms with van der Waals surface area (Å²) in [7, 11) is 1.59. The Bertz CT molecular complexity index is 968. The molecule has 2 N–H and O–H groups in total. The van der Waals surface area contributed by atoms with Crippen LogP contribution in [0.15, 0.2) is 66.7 Å². The lowest BCUT2D eigenvalue weighted by atomic mass is 10.2. The smallest absolute Gasteiger partial charge is 0.262 e. The van der Waals surface area contributed by atoms with Gasteiger partial charge in [-0.25, -0.2) is 0 Å². The Balaban J connectivity index is 1.56. The van der Waals surface area contributed by atoms with Gasteiger partial charge in [-0.15, -0.1) is 0 Å². The fourth-order valence-corrected chi connectivity index (χ4v) is 2.88. The summed E-state index contributed by atoms with van der Waals surface area (Å²) in [4.78, 5) is 12.2. The number of benzene rings is 3. The quantitative estimate of drug-likeness (QED) is 0.572. The molecule has 0 heterocycles. The average Bonchev–Trinajstić information content (AvgIpc) is 2.72. The van der Waals surface area contributed by atoms with Crippen LogP contribution in [-0.2, 0) is 11.3 Å². The van der Waals surface area contributed by atoms with Crippen molar-refractivity contribution in [2.24, 2.45) is 0 Å². The van der Waals surface area contributed by atoms with E-state index in [9.17, 15) is 4.79 Å². The number of nitrogens with one attached hydrogen (secondary N) is 2. The summed E-state index contributed by atoms with van der Waals surface area (Å²) in [5.41, 5.74) is 5.18. The maximum atomic E-state index is 12.2.